The Balaban J connectivity index is 2.67. The summed E-state index contributed by atoms with van der Waals surface area (Å²) in [6, 6.07) is 16.8. The summed E-state index contributed by atoms with van der Waals surface area (Å²) in [6.45, 7) is 6.42. The van der Waals surface area contributed by atoms with E-state index in [1.807, 2.05) is 6.07 Å². The van der Waals surface area contributed by atoms with Crippen LogP contribution in [0.3, 0.4) is 0 Å². The molecule has 0 aliphatic heterocycles. The van der Waals surface area contributed by atoms with Crippen LogP contribution in [0.5, 0.6) is 0 Å². The van der Waals surface area contributed by atoms with Gasteiger partial charge in [0.25, 0.3) is 0 Å². The van der Waals surface area contributed by atoms with Crippen molar-refractivity contribution in [2.75, 3.05) is 7.05 Å². The Kier molecular flexibility index (Phi) is 5.04. The second-order valence-electron chi connectivity index (χ2n) is 5.10. The van der Waals surface area contributed by atoms with Crippen molar-refractivity contribution in [3.05, 3.63) is 70.8 Å². The molecule has 0 atom stereocenters. The molecule has 2 nitrogen and oxygen atoms in total. The van der Waals surface area contributed by atoms with Crippen molar-refractivity contribution < 1.29 is 0 Å². The number of hydrogen-bond donors (Lipinski definition) is 0. The van der Waals surface area contributed by atoms with Crippen molar-refractivity contribution in [1.29, 1.82) is 0 Å². The first kappa shape index (κ1) is 15.2. The third-order valence-electron chi connectivity index (χ3n) is 3.76. The summed E-state index contributed by atoms with van der Waals surface area (Å²) >= 11 is 0. The highest BCUT2D eigenvalue weighted by atomic mass is 15.1. The van der Waals surface area contributed by atoms with Crippen molar-refractivity contribution >= 4 is 11.3 Å². The molecule has 2 rings (SSSR count). The fourth-order valence-corrected chi connectivity index (χ4v) is 2.59. The van der Waals surface area contributed by atoms with Gasteiger partial charge in [-0.2, -0.15) is 10.2 Å². The van der Waals surface area contributed by atoms with E-state index in [1.165, 1.54) is 22.3 Å². The maximum atomic E-state index is 4.41. The number of nitrogens with zero attached hydrogens (tertiary/aromatic N) is 2. The first-order valence-corrected chi connectivity index (χ1v) is 7.34. The molecule has 2 aromatic rings. The fraction of sp³-hybridized carbons (Fsp3) is 0.263. The summed E-state index contributed by atoms with van der Waals surface area (Å²) in [7, 11) is 1.72. The lowest BCUT2D eigenvalue weighted by molar-refractivity contribution is 1.12. The van der Waals surface area contributed by atoms with Gasteiger partial charge in [0.2, 0.25) is 0 Å². The molecule has 0 unspecified atom stereocenters. The second-order valence-corrected chi connectivity index (χ2v) is 5.10. The molecule has 2 heteroatoms. The summed E-state index contributed by atoms with van der Waals surface area (Å²) in [6.07, 6.45) is 1.01. The van der Waals surface area contributed by atoms with E-state index in [0.717, 1.165) is 17.7 Å². The zero-order valence-electron chi connectivity index (χ0n) is 13.2. The number of aryl methyl sites for hydroxylation is 2. The molecule has 0 spiro atoms. The number of rotatable bonds is 4. The van der Waals surface area contributed by atoms with Crippen LogP contribution in [0.25, 0.3) is 11.3 Å². The summed E-state index contributed by atoms with van der Waals surface area (Å²) in [5, 5.41) is 8.43. The summed E-state index contributed by atoms with van der Waals surface area (Å²) in [4.78, 5) is 0. The molecule has 108 valence electrons. The molecule has 2 aromatic carbocycles. The van der Waals surface area contributed by atoms with Crippen LogP contribution in [0.15, 0.2) is 58.8 Å². The topological polar surface area (TPSA) is 24.7 Å². The zero-order chi connectivity index (χ0) is 15.2. The van der Waals surface area contributed by atoms with Crippen LogP contribution in [0.2, 0.25) is 0 Å². The minimum absolute atomic E-state index is 0.955. The Labute approximate surface area is 127 Å². The molecule has 0 saturated heterocycles. The van der Waals surface area contributed by atoms with Gasteiger partial charge in [0.15, 0.2) is 0 Å². The monoisotopic (exact) mass is 278 g/mol. The van der Waals surface area contributed by atoms with E-state index in [-0.39, 0.29) is 0 Å². The summed E-state index contributed by atoms with van der Waals surface area (Å²) in [5.41, 5.74) is 7.08. The molecule has 0 radical (unpaired) electrons. The molecule has 0 aliphatic carbocycles. The summed E-state index contributed by atoms with van der Waals surface area (Å²) < 4.78 is 0. The molecule has 0 aliphatic rings. The van der Waals surface area contributed by atoms with Gasteiger partial charge in [-0.1, -0.05) is 55.5 Å². The first-order valence-electron chi connectivity index (χ1n) is 7.34. The Morgan fingerprint density at radius 2 is 1.57 bits per heavy atom. The predicted octanol–water partition coefficient (Wildman–Crippen LogP) is 5.53. The molecule has 0 saturated carbocycles. The van der Waals surface area contributed by atoms with Crippen molar-refractivity contribution in [2.45, 2.75) is 27.2 Å². The van der Waals surface area contributed by atoms with Crippen LogP contribution in [-0.4, -0.2) is 7.05 Å². The van der Waals surface area contributed by atoms with Crippen molar-refractivity contribution in [3.8, 4) is 0 Å². The standard InChI is InChI=1S/C19H22N2/c1-5-16-11-7-9-13-18(16)15(3)19(21-20-4)17-12-8-6-10-14(17)2/h6-13H,5H2,1-4H3/b19-15+,21-20?. The maximum absolute atomic E-state index is 4.41. The lowest BCUT2D eigenvalue weighted by Crippen LogP contribution is -1.94. The average Bonchev–Trinajstić information content (AvgIpc) is 2.53. The number of benzene rings is 2. The van der Waals surface area contributed by atoms with E-state index >= 15 is 0 Å². The van der Waals surface area contributed by atoms with Gasteiger partial charge >= 0.3 is 0 Å². The Morgan fingerprint density at radius 1 is 0.952 bits per heavy atom. The largest absolute Gasteiger partial charge is 0.192 e. The van der Waals surface area contributed by atoms with Crippen molar-refractivity contribution in [2.24, 2.45) is 10.2 Å². The Morgan fingerprint density at radius 3 is 2.19 bits per heavy atom. The molecule has 0 bridgehead atoms. The predicted molar refractivity (Wildman–Crippen MR) is 90.3 cm³/mol. The number of allylic oxidation sites excluding steroid dienone is 1. The SMILES string of the molecule is CCc1ccccc1/C(C)=C(/N=NC)c1ccccc1C. The smallest absolute Gasteiger partial charge is 0.0962 e. The molecule has 21 heavy (non-hydrogen) atoms. The zero-order valence-corrected chi connectivity index (χ0v) is 13.2. The van der Waals surface area contributed by atoms with Crippen LogP contribution >= 0.6 is 0 Å². The molecule has 0 aromatic heterocycles. The van der Waals surface area contributed by atoms with E-state index in [4.69, 9.17) is 0 Å². The third kappa shape index (κ3) is 3.27. The van der Waals surface area contributed by atoms with Gasteiger partial charge in [-0.25, -0.2) is 0 Å². The lowest BCUT2D eigenvalue weighted by Gasteiger charge is -2.13. The van der Waals surface area contributed by atoms with Gasteiger partial charge < -0.3 is 0 Å². The van der Waals surface area contributed by atoms with Crippen LogP contribution in [-0.2, 0) is 6.42 Å². The average molecular weight is 278 g/mol. The second kappa shape index (κ2) is 6.98. The summed E-state index contributed by atoms with van der Waals surface area (Å²) in [5.74, 6) is 0. The van der Waals surface area contributed by atoms with Crippen LogP contribution < -0.4 is 0 Å². The van der Waals surface area contributed by atoms with Crippen LogP contribution in [0.1, 0.15) is 36.1 Å². The maximum Gasteiger partial charge on any atom is 0.0962 e. The molecule has 0 heterocycles. The quantitative estimate of drug-likeness (QED) is 0.519. The minimum Gasteiger partial charge on any atom is -0.192 e. The molecule has 0 amide bonds. The fourth-order valence-electron chi connectivity index (χ4n) is 2.59. The Hall–Kier alpha value is -2.22. The van der Waals surface area contributed by atoms with Crippen molar-refractivity contribution in [3.63, 3.8) is 0 Å². The minimum atomic E-state index is 0.955. The Bertz CT molecular complexity index is 681. The highest BCUT2D eigenvalue weighted by Gasteiger charge is 2.11. The van der Waals surface area contributed by atoms with E-state index in [0.29, 0.717) is 0 Å². The number of hydrogen-bond acceptors (Lipinski definition) is 2. The molecule has 0 N–H and O–H groups in total. The normalized spacial score (nSPS) is 12.6. The molecular weight excluding hydrogens is 256 g/mol. The molecule has 0 fully saturated rings. The van der Waals surface area contributed by atoms with Gasteiger partial charge in [-0.15, -0.1) is 0 Å². The van der Waals surface area contributed by atoms with Gasteiger partial charge in [-0.3, -0.25) is 0 Å². The number of azo groups is 1. The molecular formula is C19H22N2. The van der Waals surface area contributed by atoms with Gasteiger partial charge in [0.05, 0.1) is 5.70 Å². The lowest BCUT2D eigenvalue weighted by atomic mass is 9.94. The van der Waals surface area contributed by atoms with Gasteiger partial charge in [0, 0.05) is 12.6 Å². The van der Waals surface area contributed by atoms with Gasteiger partial charge in [0.1, 0.15) is 0 Å². The van der Waals surface area contributed by atoms with Gasteiger partial charge in [-0.05, 0) is 42.5 Å². The van der Waals surface area contributed by atoms with E-state index in [2.05, 4.69) is 73.5 Å². The van der Waals surface area contributed by atoms with E-state index in [9.17, 15) is 0 Å². The van der Waals surface area contributed by atoms with Crippen LogP contribution in [0, 0.1) is 6.92 Å². The highest BCUT2D eigenvalue weighted by Crippen LogP contribution is 2.31. The van der Waals surface area contributed by atoms with E-state index in [1.54, 1.807) is 7.05 Å². The highest BCUT2D eigenvalue weighted by molar-refractivity contribution is 5.90. The first-order chi connectivity index (χ1) is 10.2. The van der Waals surface area contributed by atoms with E-state index < -0.39 is 0 Å². The third-order valence-corrected chi connectivity index (χ3v) is 3.76. The van der Waals surface area contributed by atoms with Crippen molar-refractivity contribution in [1.82, 2.24) is 0 Å². The van der Waals surface area contributed by atoms with Crippen LogP contribution in [0.4, 0.5) is 0 Å².